The Kier molecular flexibility index (Phi) is 6.16. The summed E-state index contributed by atoms with van der Waals surface area (Å²) in [6.07, 6.45) is 2.39. The SMILES string of the molecule is Cc1cc(CNCCCCN(C)C)ccc1F. The van der Waals surface area contributed by atoms with Crippen LogP contribution in [0.2, 0.25) is 0 Å². The van der Waals surface area contributed by atoms with Crippen LogP contribution in [0, 0.1) is 12.7 Å². The zero-order valence-electron chi connectivity index (χ0n) is 11.1. The van der Waals surface area contributed by atoms with Gasteiger partial charge in [0.25, 0.3) is 0 Å². The summed E-state index contributed by atoms with van der Waals surface area (Å²) >= 11 is 0. The Labute approximate surface area is 104 Å². The van der Waals surface area contributed by atoms with E-state index in [0.29, 0.717) is 0 Å². The topological polar surface area (TPSA) is 15.3 Å². The van der Waals surface area contributed by atoms with Crippen molar-refractivity contribution < 1.29 is 4.39 Å². The first-order valence-corrected chi connectivity index (χ1v) is 6.20. The molecule has 0 radical (unpaired) electrons. The van der Waals surface area contributed by atoms with Crippen molar-refractivity contribution in [3.05, 3.63) is 35.1 Å². The van der Waals surface area contributed by atoms with Gasteiger partial charge in [0.15, 0.2) is 0 Å². The van der Waals surface area contributed by atoms with E-state index >= 15 is 0 Å². The van der Waals surface area contributed by atoms with Crippen LogP contribution in [0.1, 0.15) is 24.0 Å². The van der Waals surface area contributed by atoms with Crippen LogP contribution in [0.4, 0.5) is 4.39 Å². The molecule has 1 rings (SSSR count). The maximum absolute atomic E-state index is 13.0. The smallest absolute Gasteiger partial charge is 0.126 e. The molecule has 0 bridgehead atoms. The Morgan fingerprint density at radius 2 is 2.00 bits per heavy atom. The molecule has 0 heterocycles. The van der Waals surface area contributed by atoms with Gasteiger partial charge in [0, 0.05) is 6.54 Å². The molecule has 0 aliphatic rings. The van der Waals surface area contributed by atoms with Gasteiger partial charge in [-0.05, 0) is 64.1 Å². The Bertz CT molecular complexity index is 337. The highest BCUT2D eigenvalue weighted by Gasteiger charge is 1.98. The summed E-state index contributed by atoms with van der Waals surface area (Å²) in [5.41, 5.74) is 1.87. The lowest BCUT2D eigenvalue weighted by molar-refractivity contribution is 0.391. The third-order valence-corrected chi connectivity index (χ3v) is 2.76. The highest BCUT2D eigenvalue weighted by molar-refractivity contribution is 5.23. The molecular weight excluding hydrogens is 215 g/mol. The predicted molar refractivity (Wildman–Crippen MR) is 70.6 cm³/mol. The normalized spacial score (nSPS) is 11.1. The summed E-state index contributed by atoms with van der Waals surface area (Å²) < 4.78 is 13.0. The predicted octanol–water partition coefficient (Wildman–Crippen LogP) is 2.57. The fourth-order valence-electron chi connectivity index (χ4n) is 1.73. The molecule has 0 unspecified atom stereocenters. The third kappa shape index (κ3) is 5.80. The molecule has 0 amide bonds. The molecule has 0 spiro atoms. The standard InChI is InChI=1S/C14H23FN2/c1-12-10-13(6-7-14(12)15)11-16-8-4-5-9-17(2)3/h6-7,10,16H,4-5,8-9,11H2,1-3H3. The van der Waals surface area contributed by atoms with Crippen LogP contribution in [0.5, 0.6) is 0 Å². The Hall–Kier alpha value is -0.930. The highest BCUT2D eigenvalue weighted by Crippen LogP contribution is 2.08. The quantitative estimate of drug-likeness (QED) is 0.734. The molecule has 0 saturated heterocycles. The zero-order chi connectivity index (χ0) is 12.7. The van der Waals surface area contributed by atoms with E-state index in [4.69, 9.17) is 0 Å². The van der Waals surface area contributed by atoms with Gasteiger partial charge < -0.3 is 10.2 Å². The van der Waals surface area contributed by atoms with E-state index in [2.05, 4.69) is 24.3 Å². The van der Waals surface area contributed by atoms with Crippen LogP contribution in [0.25, 0.3) is 0 Å². The molecule has 0 fully saturated rings. The van der Waals surface area contributed by atoms with Gasteiger partial charge in [-0.15, -0.1) is 0 Å². The summed E-state index contributed by atoms with van der Waals surface area (Å²) in [4.78, 5) is 2.20. The van der Waals surface area contributed by atoms with Gasteiger partial charge in [0.05, 0.1) is 0 Å². The first kappa shape index (κ1) is 14.1. The number of unbranched alkanes of at least 4 members (excludes halogenated alkanes) is 1. The van der Waals surface area contributed by atoms with Crippen molar-refractivity contribution in [3.8, 4) is 0 Å². The summed E-state index contributed by atoms with van der Waals surface area (Å²) in [6, 6.07) is 5.29. The van der Waals surface area contributed by atoms with Gasteiger partial charge in [-0.3, -0.25) is 0 Å². The molecule has 2 nitrogen and oxygen atoms in total. The van der Waals surface area contributed by atoms with Crippen molar-refractivity contribution in [3.63, 3.8) is 0 Å². The van der Waals surface area contributed by atoms with Gasteiger partial charge in [-0.25, -0.2) is 4.39 Å². The van der Waals surface area contributed by atoms with Crippen LogP contribution in [-0.2, 0) is 6.54 Å². The molecule has 1 aromatic rings. The van der Waals surface area contributed by atoms with Gasteiger partial charge >= 0.3 is 0 Å². The molecule has 0 atom stereocenters. The molecule has 17 heavy (non-hydrogen) atoms. The number of benzene rings is 1. The second kappa shape index (κ2) is 7.41. The summed E-state index contributed by atoms with van der Waals surface area (Å²) in [5.74, 6) is -0.125. The number of halogens is 1. The van der Waals surface area contributed by atoms with Crippen molar-refractivity contribution in [2.75, 3.05) is 27.2 Å². The van der Waals surface area contributed by atoms with E-state index in [1.165, 1.54) is 12.8 Å². The number of nitrogens with zero attached hydrogens (tertiary/aromatic N) is 1. The van der Waals surface area contributed by atoms with Gasteiger partial charge in [0.1, 0.15) is 5.82 Å². The van der Waals surface area contributed by atoms with E-state index < -0.39 is 0 Å². The third-order valence-electron chi connectivity index (χ3n) is 2.76. The number of aryl methyl sites for hydroxylation is 1. The van der Waals surface area contributed by atoms with E-state index in [1.54, 1.807) is 13.0 Å². The first-order chi connectivity index (χ1) is 8.09. The van der Waals surface area contributed by atoms with Crippen molar-refractivity contribution >= 4 is 0 Å². The van der Waals surface area contributed by atoms with Crippen molar-refractivity contribution in [1.29, 1.82) is 0 Å². The Morgan fingerprint density at radius 1 is 1.24 bits per heavy atom. The minimum Gasteiger partial charge on any atom is -0.313 e. The molecule has 0 aliphatic carbocycles. The molecule has 96 valence electrons. The molecule has 0 aliphatic heterocycles. The lowest BCUT2D eigenvalue weighted by Gasteiger charge is -2.09. The lowest BCUT2D eigenvalue weighted by Crippen LogP contribution is -2.18. The van der Waals surface area contributed by atoms with Crippen LogP contribution in [0.15, 0.2) is 18.2 Å². The van der Waals surface area contributed by atoms with Gasteiger partial charge in [0.2, 0.25) is 0 Å². The zero-order valence-corrected chi connectivity index (χ0v) is 11.1. The van der Waals surface area contributed by atoms with Crippen molar-refractivity contribution in [2.24, 2.45) is 0 Å². The number of rotatable bonds is 7. The van der Waals surface area contributed by atoms with Crippen LogP contribution < -0.4 is 5.32 Å². The number of nitrogens with one attached hydrogen (secondary N) is 1. The lowest BCUT2D eigenvalue weighted by atomic mass is 10.1. The second-order valence-electron chi connectivity index (χ2n) is 4.77. The van der Waals surface area contributed by atoms with Crippen LogP contribution in [-0.4, -0.2) is 32.1 Å². The van der Waals surface area contributed by atoms with Crippen molar-refractivity contribution in [2.45, 2.75) is 26.3 Å². The molecule has 3 heteroatoms. The summed E-state index contributed by atoms with van der Waals surface area (Å²) in [6.45, 7) is 4.78. The maximum Gasteiger partial charge on any atom is 0.126 e. The van der Waals surface area contributed by atoms with Gasteiger partial charge in [-0.1, -0.05) is 12.1 Å². The van der Waals surface area contributed by atoms with Gasteiger partial charge in [-0.2, -0.15) is 0 Å². The molecule has 1 N–H and O–H groups in total. The van der Waals surface area contributed by atoms with Crippen LogP contribution >= 0.6 is 0 Å². The minimum absolute atomic E-state index is 0.125. The van der Waals surface area contributed by atoms with Crippen molar-refractivity contribution in [1.82, 2.24) is 10.2 Å². The average Bonchev–Trinajstić information content (AvgIpc) is 2.27. The van der Waals surface area contributed by atoms with E-state index in [0.717, 1.165) is 30.8 Å². The maximum atomic E-state index is 13.0. The number of hydrogen-bond donors (Lipinski definition) is 1. The monoisotopic (exact) mass is 238 g/mol. The average molecular weight is 238 g/mol. The van der Waals surface area contributed by atoms with Crippen LogP contribution in [0.3, 0.4) is 0 Å². The molecule has 0 saturated carbocycles. The summed E-state index contributed by atoms with van der Waals surface area (Å²) in [7, 11) is 4.18. The molecule has 0 aromatic heterocycles. The van der Waals surface area contributed by atoms with E-state index in [9.17, 15) is 4.39 Å². The largest absolute Gasteiger partial charge is 0.313 e. The van der Waals surface area contributed by atoms with E-state index in [-0.39, 0.29) is 5.82 Å². The first-order valence-electron chi connectivity index (χ1n) is 6.20. The fraction of sp³-hybridized carbons (Fsp3) is 0.571. The highest BCUT2D eigenvalue weighted by atomic mass is 19.1. The Morgan fingerprint density at radius 3 is 2.65 bits per heavy atom. The number of hydrogen-bond acceptors (Lipinski definition) is 2. The minimum atomic E-state index is -0.125. The second-order valence-corrected chi connectivity index (χ2v) is 4.77. The van der Waals surface area contributed by atoms with E-state index in [1.807, 2.05) is 12.1 Å². The summed E-state index contributed by atoms with van der Waals surface area (Å²) in [5, 5.41) is 3.38. The Balaban J connectivity index is 2.16. The molecular formula is C14H23FN2. The molecule has 1 aromatic carbocycles. The fourth-order valence-corrected chi connectivity index (χ4v) is 1.73.